The van der Waals surface area contributed by atoms with Crippen molar-refractivity contribution in [3.05, 3.63) is 76.9 Å². The van der Waals surface area contributed by atoms with E-state index in [1.807, 2.05) is 30.3 Å². The molecule has 0 saturated heterocycles. The van der Waals surface area contributed by atoms with E-state index >= 15 is 0 Å². The normalized spacial score (nSPS) is 13.8. The minimum absolute atomic E-state index is 0.00546. The maximum atomic E-state index is 12.6. The highest BCUT2D eigenvalue weighted by molar-refractivity contribution is 6.10. The van der Waals surface area contributed by atoms with Crippen molar-refractivity contribution in [1.29, 1.82) is 0 Å². The standard InChI is InChI=1S/C26H20O6/c1-31-24(29)26(25(30)32-2)12-11-21-17(13-26)8-10-19(15-28)23(21)22-18(14-27)9-7-16-5-3-4-6-20(16)22/h3-12,14-15H,13H2,1-2H3. The maximum absolute atomic E-state index is 12.6. The zero-order valence-electron chi connectivity index (χ0n) is 17.6. The number of hydrogen-bond acceptors (Lipinski definition) is 6. The van der Waals surface area contributed by atoms with Crippen LogP contribution in [0.25, 0.3) is 28.0 Å². The second-order valence-corrected chi connectivity index (χ2v) is 7.55. The van der Waals surface area contributed by atoms with E-state index in [2.05, 4.69) is 0 Å². The molecule has 6 heteroatoms. The van der Waals surface area contributed by atoms with Crippen LogP contribution in [0.4, 0.5) is 0 Å². The van der Waals surface area contributed by atoms with Gasteiger partial charge in [0.25, 0.3) is 0 Å². The lowest BCUT2D eigenvalue weighted by atomic mass is 9.73. The number of ether oxygens (including phenoxy) is 2. The highest BCUT2D eigenvalue weighted by Gasteiger charge is 2.48. The van der Waals surface area contributed by atoms with Crippen molar-refractivity contribution in [2.24, 2.45) is 5.41 Å². The molecule has 0 unspecified atom stereocenters. The van der Waals surface area contributed by atoms with Crippen LogP contribution in [0.2, 0.25) is 0 Å². The molecule has 4 rings (SSSR count). The Morgan fingerprint density at radius 2 is 1.47 bits per heavy atom. The van der Waals surface area contributed by atoms with Crippen molar-refractivity contribution in [1.82, 2.24) is 0 Å². The summed E-state index contributed by atoms with van der Waals surface area (Å²) in [6.07, 6.45) is 4.59. The fraction of sp³-hybridized carbons (Fsp3) is 0.154. The summed E-state index contributed by atoms with van der Waals surface area (Å²) in [5.74, 6) is -1.46. The Hall–Kier alpha value is -4.06. The largest absolute Gasteiger partial charge is 0.468 e. The van der Waals surface area contributed by atoms with Crippen LogP contribution >= 0.6 is 0 Å². The van der Waals surface area contributed by atoms with Crippen molar-refractivity contribution >= 4 is 41.4 Å². The Kier molecular flexibility index (Phi) is 5.45. The molecule has 0 bridgehead atoms. The topological polar surface area (TPSA) is 86.7 Å². The number of methoxy groups -OCH3 is 2. The summed E-state index contributed by atoms with van der Waals surface area (Å²) >= 11 is 0. The van der Waals surface area contributed by atoms with E-state index in [9.17, 15) is 19.2 Å². The van der Waals surface area contributed by atoms with Crippen LogP contribution < -0.4 is 0 Å². The van der Waals surface area contributed by atoms with Gasteiger partial charge in [0.15, 0.2) is 18.0 Å². The van der Waals surface area contributed by atoms with Gasteiger partial charge in [-0.05, 0) is 21.9 Å². The van der Waals surface area contributed by atoms with Gasteiger partial charge < -0.3 is 9.47 Å². The molecule has 3 aromatic carbocycles. The van der Waals surface area contributed by atoms with Gasteiger partial charge in [0.1, 0.15) is 0 Å². The quantitative estimate of drug-likeness (QED) is 0.346. The van der Waals surface area contributed by atoms with Crippen molar-refractivity contribution in [3.8, 4) is 11.1 Å². The molecule has 3 aromatic rings. The molecule has 0 N–H and O–H groups in total. The first kappa shape index (κ1) is 21.2. The minimum atomic E-state index is -1.62. The summed E-state index contributed by atoms with van der Waals surface area (Å²) in [6, 6.07) is 14.5. The Morgan fingerprint density at radius 3 is 2.12 bits per heavy atom. The van der Waals surface area contributed by atoms with Crippen LogP contribution in [0, 0.1) is 5.41 Å². The van der Waals surface area contributed by atoms with Crippen molar-refractivity contribution in [2.45, 2.75) is 6.42 Å². The molecular formula is C26H20O6. The van der Waals surface area contributed by atoms with E-state index in [1.54, 1.807) is 24.3 Å². The Morgan fingerprint density at radius 1 is 0.844 bits per heavy atom. The molecule has 0 radical (unpaired) electrons. The molecule has 0 spiro atoms. The van der Waals surface area contributed by atoms with E-state index in [-0.39, 0.29) is 6.42 Å². The summed E-state index contributed by atoms with van der Waals surface area (Å²) in [5, 5.41) is 1.74. The number of fused-ring (bicyclic) bond motifs is 2. The third-order valence-electron chi connectivity index (χ3n) is 5.94. The molecule has 0 aromatic heterocycles. The van der Waals surface area contributed by atoms with E-state index in [0.29, 0.717) is 33.4 Å². The average molecular weight is 428 g/mol. The van der Waals surface area contributed by atoms with Gasteiger partial charge in [-0.1, -0.05) is 60.7 Å². The molecule has 0 aliphatic heterocycles. The third-order valence-corrected chi connectivity index (χ3v) is 5.94. The average Bonchev–Trinajstić information content (AvgIpc) is 2.85. The number of aldehydes is 2. The van der Waals surface area contributed by atoms with E-state index in [1.165, 1.54) is 20.3 Å². The van der Waals surface area contributed by atoms with Crippen LogP contribution in [0.5, 0.6) is 0 Å². The molecule has 0 fully saturated rings. The second kappa shape index (κ2) is 8.23. The number of rotatable bonds is 5. The number of carbonyl (C=O) groups excluding carboxylic acids is 4. The Balaban J connectivity index is 2.04. The first-order chi connectivity index (χ1) is 15.5. The van der Waals surface area contributed by atoms with Gasteiger partial charge in [0, 0.05) is 28.7 Å². The molecule has 0 amide bonds. The molecule has 0 atom stereocenters. The highest BCUT2D eigenvalue weighted by atomic mass is 16.5. The second-order valence-electron chi connectivity index (χ2n) is 7.55. The lowest BCUT2D eigenvalue weighted by Gasteiger charge is -2.30. The number of hydrogen-bond donors (Lipinski definition) is 0. The number of esters is 2. The van der Waals surface area contributed by atoms with Gasteiger partial charge in [-0.15, -0.1) is 0 Å². The Bertz CT molecular complexity index is 1290. The monoisotopic (exact) mass is 428 g/mol. The Labute approximate surface area is 184 Å². The fourth-order valence-electron chi connectivity index (χ4n) is 4.38. The van der Waals surface area contributed by atoms with Crippen LogP contribution in [0.3, 0.4) is 0 Å². The number of benzene rings is 3. The van der Waals surface area contributed by atoms with Crippen LogP contribution in [-0.4, -0.2) is 38.7 Å². The van der Waals surface area contributed by atoms with Gasteiger partial charge in [0.05, 0.1) is 14.2 Å². The summed E-state index contributed by atoms with van der Waals surface area (Å²) in [5.41, 5.74) is 1.75. The fourth-order valence-corrected chi connectivity index (χ4v) is 4.38. The van der Waals surface area contributed by atoms with Crippen molar-refractivity contribution < 1.29 is 28.7 Å². The molecule has 32 heavy (non-hydrogen) atoms. The van der Waals surface area contributed by atoms with Gasteiger partial charge in [0.2, 0.25) is 0 Å². The predicted octanol–water partition coefficient (Wildman–Crippen LogP) is 4.03. The first-order valence-electron chi connectivity index (χ1n) is 9.95. The molecular weight excluding hydrogens is 408 g/mol. The molecule has 1 aliphatic carbocycles. The molecule has 6 nitrogen and oxygen atoms in total. The third kappa shape index (κ3) is 3.12. The minimum Gasteiger partial charge on any atom is -0.468 e. The van der Waals surface area contributed by atoms with Crippen molar-refractivity contribution in [2.75, 3.05) is 14.2 Å². The van der Waals surface area contributed by atoms with Crippen LogP contribution in [0.15, 0.2) is 54.6 Å². The van der Waals surface area contributed by atoms with Gasteiger partial charge in [-0.3, -0.25) is 19.2 Å². The zero-order chi connectivity index (χ0) is 22.9. The van der Waals surface area contributed by atoms with Gasteiger partial charge >= 0.3 is 11.9 Å². The highest BCUT2D eigenvalue weighted by Crippen LogP contribution is 2.43. The molecule has 160 valence electrons. The first-order valence-corrected chi connectivity index (χ1v) is 9.95. The lowest BCUT2D eigenvalue weighted by molar-refractivity contribution is -0.165. The van der Waals surface area contributed by atoms with Crippen LogP contribution in [-0.2, 0) is 25.5 Å². The molecule has 1 aliphatic rings. The SMILES string of the molecule is COC(=O)C1(C(=O)OC)C=Cc2c(ccc(C=O)c2-c2c(C=O)ccc3ccccc23)C1. The van der Waals surface area contributed by atoms with Gasteiger partial charge in [-0.25, -0.2) is 0 Å². The summed E-state index contributed by atoms with van der Waals surface area (Å²) < 4.78 is 9.78. The van der Waals surface area contributed by atoms with Gasteiger partial charge in [-0.2, -0.15) is 0 Å². The molecule has 0 saturated carbocycles. The maximum Gasteiger partial charge on any atom is 0.327 e. The van der Waals surface area contributed by atoms with E-state index in [4.69, 9.17) is 9.47 Å². The smallest absolute Gasteiger partial charge is 0.327 e. The van der Waals surface area contributed by atoms with Crippen molar-refractivity contribution in [3.63, 3.8) is 0 Å². The predicted molar refractivity (Wildman–Crippen MR) is 119 cm³/mol. The van der Waals surface area contributed by atoms with Crippen LogP contribution in [0.1, 0.15) is 31.8 Å². The lowest BCUT2D eigenvalue weighted by Crippen LogP contribution is -2.42. The summed E-state index contributed by atoms with van der Waals surface area (Å²) in [6.45, 7) is 0. The van der Waals surface area contributed by atoms with E-state index < -0.39 is 17.4 Å². The summed E-state index contributed by atoms with van der Waals surface area (Å²) in [7, 11) is 2.42. The zero-order valence-corrected chi connectivity index (χ0v) is 17.6. The summed E-state index contributed by atoms with van der Waals surface area (Å²) in [4.78, 5) is 49.1. The number of carbonyl (C=O) groups is 4. The molecule has 0 heterocycles. The van der Waals surface area contributed by atoms with E-state index in [0.717, 1.165) is 23.3 Å².